The Morgan fingerprint density at radius 2 is 1.36 bits per heavy atom. The number of nitrogens with zero attached hydrogens (tertiary/aromatic N) is 2. The van der Waals surface area contributed by atoms with Crippen LogP contribution in [0.5, 0.6) is 0 Å². The van der Waals surface area contributed by atoms with Gasteiger partial charge in [0, 0.05) is 37.6 Å². The Labute approximate surface area is 234 Å². The molecule has 0 atom stereocenters. The lowest BCUT2D eigenvalue weighted by Gasteiger charge is -2.39. The molecule has 0 aromatic heterocycles. The molecule has 2 aliphatic heterocycles. The zero-order valence-corrected chi connectivity index (χ0v) is 22.9. The van der Waals surface area contributed by atoms with Crippen LogP contribution < -0.4 is 4.90 Å². The highest BCUT2D eigenvalue weighted by Gasteiger charge is 2.37. The molecule has 4 nitrogen and oxygen atoms in total. The second-order valence-electron chi connectivity index (χ2n) is 9.72. The average Bonchev–Trinajstić information content (AvgIpc) is 3.07. The molecule has 1 fully saturated rings. The molecule has 1 saturated heterocycles. The molecule has 0 radical (unpaired) electrons. The second kappa shape index (κ2) is 13.5. The van der Waals surface area contributed by atoms with Crippen LogP contribution in [0.1, 0.15) is 48.4 Å². The van der Waals surface area contributed by atoms with Gasteiger partial charge in [0.1, 0.15) is 0 Å². The Bertz CT molecular complexity index is 1190. The number of benzene rings is 3. The number of para-hydroxylation sites is 2. The van der Waals surface area contributed by atoms with Gasteiger partial charge < -0.3 is 20.0 Å². The number of likely N-dealkylation sites (tertiary alicyclic amines) is 1. The lowest BCUT2D eigenvalue weighted by atomic mass is 9.83. The van der Waals surface area contributed by atoms with Crippen LogP contribution in [0.25, 0.3) is 12.2 Å². The summed E-state index contributed by atoms with van der Waals surface area (Å²) in [5.74, 6) is 0. The predicted octanol–water partition coefficient (Wildman–Crippen LogP) is 7.12. The molecule has 39 heavy (non-hydrogen) atoms. The van der Waals surface area contributed by atoms with Crippen molar-refractivity contribution in [2.75, 3.05) is 37.7 Å². The fourth-order valence-electron chi connectivity index (χ4n) is 5.17. The largest absolute Gasteiger partial charge is 0.416 e. The van der Waals surface area contributed by atoms with Gasteiger partial charge in [-0.3, -0.25) is 0 Å². The number of fused-ring (bicyclic) bond motifs is 2. The third kappa shape index (κ3) is 7.42. The smallest absolute Gasteiger partial charge is 0.397 e. The van der Waals surface area contributed by atoms with Crippen molar-refractivity contribution >= 4 is 35.9 Å². The first-order valence-electron chi connectivity index (χ1n) is 13.1. The minimum atomic E-state index is -4.41. The van der Waals surface area contributed by atoms with E-state index in [4.69, 9.17) is 5.11 Å². The van der Waals surface area contributed by atoms with Crippen molar-refractivity contribution in [3.8, 4) is 0 Å². The molecular formula is C31H36ClF3N2O2. The lowest BCUT2D eigenvalue weighted by molar-refractivity contribution is -0.137. The van der Waals surface area contributed by atoms with E-state index >= 15 is 0 Å². The second-order valence-corrected chi connectivity index (χ2v) is 9.72. The van der Waals surface area contributed by atoms with Gasteiger partial charge in [-0.15, -0.1) is 12.4 Å². The van der Waals surface area contributed by atoms with Gasteiger partial charge in [0.05, 0.1) is 11.2 Å². The van der Waals surface area contributed by atoms with Gasteiger partial charge in [0.2, 0.25) is 0 Å². The number of halogens is 4. The molecule has 0 bridgehead atoms. The SMILES string of the molecule is CCO.Cl.OC1(c2cccc(C(F)(F)F)c2)CCN(CCCN2c3ccccc3C=Cc3ccccc32)CC1. The molecule has 0 aliphatic carbocycles. The van der Waals surface area contributed by atoms with E-state index in [9.17, 15) is 18.3 Å². The van der Waals surface area contributed by atoms with Crippen LogP contribution in [-0.2, 0) is 11.8 Å². The van der Waals surface area contributed by atoms with Crippen molar-refractivity contribution in [1.29, 1.82) is 0 Å². The van der Waals surface area contributed by atoms with Gasteiger partial charge in [-0.1, -0.05) is 60.7 Å². The first-order chi connectivity index (χ1) is 18.2. The molecule has 0 saturated carbocycles. The summed E-state index contributed by atoms with van der Waals surface area (Å²) in [6, 6.07) is 21.9. The minimum Gasteiger partial charge on any atom is -0.397 e. The highest BCUT2D eigenvalue weighted by molar-refractivity contribution is 5.88. The third-order valence-electron chi connectivity index (χ3n) is 7.16. The maximum atomic E-state index is 13.1. The van der Waals surface area contributed by atoms with E-state index < -0.39 is 17.3 Å². The highest BCUT2D eigenvalue weighted by atomic mass is 35.5. The summed E-state index contributed by atoms with van der Waals surface area (Å²) in [7, 11) is 0. The average molecular weight is 561 g/mol. The van der Waals surface area contributed by atoms with Crippen LogP contribution in [0, 0.1) is 0 Å². The Balaban J connectivity index is 0.00000101. The predicted molar refractivity (Wildman–Crippen MR) is 154 cm³/mol. The van der Waals surface area contributed by atoms with E-state index in [0.717, 1.165) is 31.6 Å². The van der Waals surface area contributed by atoms with Crippen LogP contribution in [0.3, 0.4) is 0 Å². The van der Waals surface area contributed by atoms with Gasteiger partial charge in [-0.05, 0) is 73.7 Å². The molecule has 3 aromatic carbocycles. The topological polar surface area (TPSA) is 46.9 Å². The zero-order chi connectivity index (χ0) is 27.2. The van der Waals surface area contributed by atoms with Gasteiger partial charge >= 0.3 is 6.18 Å². The summed E-state index contributed by atoms with van der Waals surface area (Å²) in [5, 5.41) is 18.7. The van der Waals surface area contributed by atoms with Crippen molar-refractivity contribution < 1.29 is 23.4 Å². The summed E-state index contributed by atoms with van der Waals surface area (Å²) >= 11 is 0. The molecule has 2 aliphatic rings. The summed E-state index contributed by atoms with van der Waals surface area (Å²) < 4.78 is 39.4. The van der Waals surface area contributed by atoms with Crippen LogP contribution in [0.2, 0.25) is 0 Å². The Morgan fingerprint density at radius 3 is 1.90 bits per heavy atom. The minimum absolute atomic E-state index is 0. The van der Waals surface area contributed by atoms with Gasteiger partial charge in [0.25, 0.3) is 0 Å². The maximum absolute atomic E-state index is 13.1. The van der Waals surface area contributed by atoms with Crippen LogP contribution in [-0.4, -0.2) is 47.9 Å². The first-order valence-corrected chi connectivity index (χ1v) is 13.1. The Kier molecular flexibility index (Phi) is 10.6. The fourth-order valence-corrected chi connectivity index (χ4v) is 5.17. The van der Waals surface area contributed by atoms with E-state index in [1.807, 2.05) is 0 Å². The van der Waals surface area contributed by atoms with E-state index in [-0.39, 0.29) is 19.0 Å². The molecule has 210 valence electrons. The van der Waals surface area contributed by atoms with Crippen molar-refractivity contribution in [2.45, 2.75) is 38.0 Å². The van der Waals surface area contributed by atoms with E-state index in [0.29, 0.717) is 31.5 Å². The first kappa shape index (κ1) is 30.7. The van der Waals surface area contributed by atoms with Gasteiger partial charge in [-0.25, -0.2) is 0 Å². The number of anilines is 2. The van der Waals surface area contributed by atoms with Crippen LogP contribution >= 0.6 is 12.4 Å². The molecule has 2 heterocycles. The maximum Gasteiger partial charge on any atom is 0.416 e. The fraction of sp³-hybridized carbons (Fsp3) is 0.355. The molecule has 0 amide bonds. The van der Waals surface area contributed by atoms with Crippen LogP contribution in [0.15, 0.2) is 72.8 Å². The molecule has 5 rings (SSSR count). The summed E-state index contributed by atoms with van der Waals surface area (Å²) in [6.07, 6.45) is 1.69. The molecule has 0 spiro atoms. The summed E-state index contributed by atoms with van der Waals surface area (Å²) in [4.78, 5) is 4.67. The van der Waals surface area contributed by atoms with Crippen LogP contribution in [0.4, 0.5) is 24.5 Å². The number of aliphatic hydroxyl groups is 2. The van der Waals surface area contributed by atoms with E-state index in [1.165, 1.54) is 28.6 Å². The van der Waals surface area contributed by atoms with Gasteiger partial charge in [0.15, 0.2) is 0 Å². The monoisotopic (exact) mass is 560 g/mol. The molecule has 0 unspecified atom stereocenters. The Hall–Kier alpha value is -2.84. The lowest BCUT2D eigenvalue weighted by Crippen LogP contribution is -2.43. The number of hydrogen-bond acceptors (Lipinski definition) is 4. The number of alkyl halides is 3. The van der Waals surface area contributed by atoms with E-state index in [2.05, 4.69) is 70.5 Å². The number of hydrogen-bond donors (Lipinski definition) is 2. The molecule has 2 N–H and O–H groups in total. The quantitative estimate of drug-likeness (QED) is 0.349. The van der Waals surface area contributed by atoms with Crippen molar-refractivity contribution in [2.24, 2.45) is 0 Å². The van der Waals surface area contributed by atoms with Crippen molar-refractivity contribution in [3.05, 3.63) is 95.1 Å². The van der Waals surface area contributed by atoms with Gasteiger partial charge in [-0.2, -0.15) is 13.2 Å². The third-order valence-corrected chi connectivity index (χ3v) is 7.16. The van der Waals surface area contributed by atoms with Crippen molar-refractivity contribution in [3.63, 3.8) is 0 Å². The molecule has 8 heteroatoms. The summed E-state index contributed by atoms with van der Waals surface area (Å²) in [6.45, 7) is 4.96. The molecular weight excluding hydrogens is 525 g/mol. The standard InChI is InChI=1S/C29H29F3N2O.C2H6O.ClH/c30-29(31,32)25-10-5-9-24(21-25)28(35)15-19-33(20-16-28)17-6-18-34-26-11-3-1-7-22(26)13-14-23-8-2-4-12-27(23)34;1-2-3;/h1-5,7-14,21,35H,6,15-20H2;3H,2H2,1H3;1H. The normalized spacial score (nSPS) is 16.2. The van der Waals surface area contributed by atoms with Crippen molar-refractivity contribution in [1.82, 2.24) is 4.90 Å². The Morgan fingerprint density at radius 1 is 0.821 bits per heavy atom. The van der Waals surface area contributed by atoms with E-state index in [1.54, 1.807) is 13.0 Å². The highest BCUT2D eigenvalue weighted by Crippen LogP contribution is 2.38. The number of aliphatic hydroxyl groups excluding tert-OH is 1. The number of piperidine rings is 1. The zero-order valence-electron chi connectivity index (χ0n) is 22.1. The number of rotatable bonds is 5. The molecule has 3 aromatic rings. The summed E-state index contributed by atoms with van der Waals surface area (Å²) in [5.41, 5.74) is 3.18.